The smallest absolute Gasteiger partial charge is 0.410 e. The van der Waals surface area contributed by atoms with E-state index in [9.17, 15) is 9.59 Å². The predicted molar refractivity (Wildman–Crippen MR) is 82.2 cm³/mol. The van der Waals surface area contributed by atoms with E-state index in [1.807, 2.05) is 20.8 Å². The second kappa shape index (κ2) is 7.02. The molecule has 0 bridgehead atoms. The molecule has 1 aliphatic heterocycles. The summed E-state index contributed by atoms with van der Waals surface area (Å²) < 4.78 is 15.7. The van der Waals surface area contributed by atoms with Crippen molar-refractivity contribution in [2.75, 3.05) is 19.7 Å². The van der Waals surface area contributed by atoms with Gasteiger partial charge in [0, 0.05) is 19.0 Å². The summed E-state index contributed by atoms with van der Waals surface area (Å²) in [6.07, 6.45) is 2.55. The van der Waals surface area contributed by atoms with Crippen molar-refractivity contribution in [1.29, 1.82) is 0 Å². The second-order valence-corrected chi connectivity index (χ2v) is 6.52. The molecular formula is C16H24N2O5. The first-order valence-electron chi connectivity index (χ1n) is 7.91. The van der Waals surface area contributed by atoms with Gasteiger partial charge in [0.2, 0.25) is 5.76 Å². The molecule has 0 spiro atoms. The maximum absolute atomic E-state index is 12.0. The first kappa shape index (κ1) is 17.3. The number of hydrogen-bond donors (Lipinski definition) is 0. The first-order chi connectivity index (χ1) is 10.8. The molecule has 1 aromatic rings. The van der Waals surface area contributed by atoms with E-state index in [1.54, 1.807) is 11.8 Å². The standard InChI is InChI=1S/C16H24N2O5/c1-5-21-14(19)12-10-17-13(22-12)11-6-8-18(9-7-11)15(20)23-16(2,3)4/h10-11H,5-9H2,1-4H3. The van der Waals surface area contributed by atoms with Gasteiger partial charge in [-0.15, -0.1) is 0 Å². The molecule has 0 atom stereocenters. The number of carbonyl (C=O) groups is 2. The molecule has 1 saturated heterocycles. The normalized spacial score (nSPS) is 16.3. The highest BCUT2D eigenvalue weighted by atomic mass is 16.6. The Balaban J connectivity index is 1.89. The Kier molecular flexibility index (Phi) is 5.28. The van der Waals surface area contributed by atoms with Crippen LogP contribution in [0.4, 0.5) is 4.79 Å². The van der Waals surface area contributed by atoms with E-state index in [0.29, 0.717) is 25.6 Å². The van der Waals surface area contributed by atoms with Crippen LogP contribution in [0.3, 0.4) is 0 Å². The summed E-state index contributed by atoms with van der Waals surface area (Å²) in [5, 5.41) is 0. The molecule has 7 heteroatoms. The average Bonchev–Trinajstić information content (AvgIpc) is 2.96. The molecule has 1 aromatic heterocycles. The quantitative estimate of drug-likeness (QED) is 0.795. The van der Waals surface area contributed by atoms with Crippen LogP contribution in [0.25, 0.3) is 0 Å². The maximum Gasteiger partial charge on any atom is 0.410 e. The molecular weight excluding hydrogens is 300 g/mol. The lowest BCUT2D eigenvalue weighted by molar-refractivity contribution is 0.0199. The molecule has 7 nitrogen and oxygen atoms in total. The Labute approximate surface area is 135 Å². The molecule has 0 unspecified atom stereocenters. The fourth-order valence-corrected chi connectivity index (χ4v) is 2.41. The third-order valence-corrected chi connectivity index (χ3v) is 3.50. The molecule has 0 aliphatic carbocycles. The van der Waals surface area contributed by atoms with Gasteiger partial charge < -0.3 is 18.8 Å². The molecule has 0 radical (unpaired) electrons. The van der Waals surface area contributed by atoms with E-state index >= 15 is 0 Å². The third-order valence-electron chi connectivity index (χ3n) is 3.50. The SMILES string of the molecule is CCOC(=O)c1cnc(C2CCN(C(=O)OC(C)(C)C)CC2)o1. The van der Waals surface area contributed by atoms with Crippen LogP contribution in [-0.4, -0.2) is 47.2 Å². The van der Waals surface area contributed by atoms with Crippen LogP contribution in [0.5, 0.6) is 0 Å². The number of piperidine rings is 1. The second-order valence-electron chi connectivity index (χ2n) is 6.52. The van der Waals surface area contributed by atoms with Crippen molar-refractivity contribution in [3.05, 3.63) is 17.8 Å². The van der Waals surface area contributed by atoms with Gasteiger partial charge in [-0.2, -0.15) is 0 Å². The minimum atomic E-state index is -0.502. The van der Waals surface area contributed by atoms with Gasteiger partial charge in [-0.1, -0.05) is 0 Å². The Bertz CT molecular complexity index is 553. The van der Waals surface area contributed by atoms with Crippen LogP contribution >= 0.6 is 0 Å². The highest BCUT2D eigenvalue weighted by Gasteiger charge is 2.30. The minimum absolute atomic E-state index is 0.0943. The number of nitrogens with zero attached hydrogens (tertiary/aromatic N) is 2. The number of likely N-dealkylation sites (tertiary alicyclic amines) is 1. The summed E-state index contributed by atoms with van der Waals surface area (Å²) in [6.45, 7) is 8.74. The topological polar surface area (TPSA) is 81.9 Å². The number of amides is 1. The Hall–Kier alpha value is -2.05. The molecule has 0 saturated carbocycles. The van der Waals surface area contributed by atoms with Gasteiger partial charge in [0.15, 0.2) is 5.89 Å². The Morgan fingerprint density at radius 3 is 2.57 bits per heavy atom. The van der Waals surface area contributed by atoms with Crippen LogP contribution < -0.4 is 0 Å². The van der Waals surface area contributed by atoms with Gasteiger partial charge >= 0.3 is 12.1 Å². The summed E-state index contributed by atoms with van der Waals surface area (Å²) in [5.74, 6) is 0.239. The number of carbonyl (C=O) groups excluding carboxylic acids is 2. The molecule has 2 heterocycles. The van der Waals surface area contributed by atoms with Crippen molar-refractivity contribution in [3.63, 3.8) is 0 Å². The van der Waals surface area contributed by atoms with Crippen LogP contribution in [-0.2, 0) is 9.47 Å². The van der Waals surface area contributed by atoms with E-state index in [1.165, 1.54) is 6.20 Å². The molecule has 1 amide bonds. The lowest BCUT2D eigenvalue weighted by Gasteiger charge is -2.32. The Morgan fingerprint density at radius 1 is 1.35 bits per heavy atom. The van der Waals surface area contributed by atoms with E-state index < -0.39 is 11.6 Å². The lowest BCUT2D eigenvalue weighted by atomic mass is 9.97. The van der Waals surface area contributed by atoms with E-state index in [4.69, 9.17) is 13.9 Å². The number of oxazole rings is 1. The van der Waals surface area contributed by atoms with Gasteiger partial charge in [0.05, 0.1) is 12.8 Å². The van der Waals surface area contributed by atoms with Gasteiger partial charge in [-0.25, -0.2) is 14.6 Å². The van der Waals surface area contributed by atoms with Gasteiger partial charge in [0.1, 0.15) is 5.60 Å². The number of rotatable bonds is 3. The van der Waals surface area contributed by atoms with Crippen LogP contribution in [0, 0.1) is 0 Å². The van der Waals surface area contributed by atoms with E-state index in [-0.39, 0.29) is 17.8 Å². The van der Waals surface area contributed by atoms with E-state index in [2.05, 4.69) is 4.98 Å². The molecule has 0 N–H and O–H groups in total. The summed E-state index contributed by atoms with van der Waals surface area (Å²) >= 11 is 0. The predicted octanol–water partition coefficient (Wildman–Crippen LogP) is 2.97. The number of ether oxygens (including phenoxy) is 2. The zero-order chi connectivity index (χ0) is 17.0. The van der Waals surface area contributed by atoms with Crippen LogP contribution in [0.15, 0.2) is 10.6 Å². The van der Waals surface area contributed by atoms with Crippen molar-refractivity contribution in [2.45, 2.75) is 52.1 Å². The summed E-state index contributed by atoms with van der Waals surface area (Å²) in [6, 6.07) is 0. The largest absolute Gasteiger partial charge is 0.460 e. The average molecular weight is 324 g/mol. The fourth-order valence-electron chi connectivity index (χ4n) is 2.41. The maximum atomic E-state index is 12.0. The monoisotopic (exact) mass is 324 g/mol. The number of esters is 1. The van der Waals surface area contributed by atoms with Crippen molar-refractivity contribution in [3.8, 4) is 0 Å². The minimum Gasteiger partial charge on any atom is -0.460 e. The molecule has 0 aromatic carbocycles. The summed E-state index contributed by atoms with van der Waals surface area (Å²) in [7, 11) is 0. The summed E-state index contributed by atoms with van der Waals surface area (Å²) in [4.78, 5) is 29.5. The molecule has 128 valence electrons. The lowest BCUT2D eigenvalue weighted by Crippen LogP contribution is -2.41. The highest BCUT2D eigenvalue weighted by molar-refractivity contribution is 5.85. The van der Waals surface area contributed by atoms with Gasteiger partial charge in [-0.05, 0) is 40.5 Å². The third kappa shape index (κ3) is 4.71. The van der Waals surface area contributed by atoms with Crippen LogP contribution in [0.2, 0.25) is 0 Å². The molecule has 2 rings (SSSR count). The van der Waals surface area contributed by atoms with Crippen molar-refractivity contribution >= 4 is 12.1 Å². The van der Waals surface area contributed by atoms with Gasteiger partial charge in [-0.3, -0.25) is 0 Å². The number of aromatic nitrogens is 1. The van der Waals surface area contributed by atoms with E-state index in [0.717, 1.165) is 12.8 Å². The number of hydrogen-bond acceptors (Lipinski definition) is 6. The van der Waals surface area contributed by atoms with Crippen molar-refractivity contribution in [1.82, 2.24) is 9.88 Å². The van der Waals surface area contributed by atoms with Crippen molar-refractivity contribution < 1.29 is 23.5 Å². The fraction of sp³-hybridized carbons (Fsp3) is 0.688. The molecule has 1 fully saturated rings. The highest BCUT2D eigenvalue weighted by Crippen LogP contribution is 2.28. The summed E-state index contributed by atoms with van der Waals surface area (Å²) in [5.41, 5.74) is -0.495. The zero-order valence-electron chi connectivity index (χ0n) is 14.1. The van der Waals surface area contributed by atoms with Crippen molar-refractivity contribution in [2.24, 2.45) is 0 Å². The van der Waals surface area contributed by atoms with Gasteiger partial charge in [0.25, 0.3) is 0 Å². The Morgan fingerprint density at radius 2 is 2.00 bits per heavy atom. The molecule has 23 heavy (non-hydrogen) atoms. The zero-order valence-corrected chi connectivity index (χ0v) is 14.1. The molecule has 1 aliphatic rings. The first-order valence-corrected chi connectivity index (χ1v) is 7.91. The van der Waals surface area contributed by atoms with Crippen LogP contribution in [0.1, 0.15) is 62.9 Å².